The highest BCUT2D eigenvalue weighted by Crippen LogP contribution is 2.22. The molecule has 0 aromatic carbocycles. The average molecular weight is 397 g/mol. The number of hydrogen-bond donors (Lipinski definition) is 3. The zero-order chi connectivity index (χ0) is 21.4. The number of ether oxygens (including phenoxy) is 1. The van der Waals surface area contributed by atoms with Crippen molar-refractivity contribution in [2.45, 2.75) is 52.7 Å². The molecule has 0 bridgehead atoms. The molecule has 0 aromatic heterocycles. The Morgan fingerprint density at radius 3 is 2.18 bits per heavy atom. The first-order valence-electron chi connectivity index (χ1n) is 9.33. The number of amides is 4. The van der Waals surface area contributed by atoms with Gasteiger partial charge in [0, 0.05) is 44.6 Å². The molecule has 0 saturated heterocycles. The molecule has 0 fully saturated rings. The van der Waals surface area contributed by atoms with Crippen LogP contribution in [0.5, 0.6) is 0 Å². The number of aliphatic hydroxyl groups is 1. The maximum Gasteiger partial charge on any atom is 0.253 e. The van der Waals surface area contributed by atoms with Gasteiger partial charge in [-0.05, 0) is 25.7 Å². The highest BCUT2D eigenvalue weighted by Gasteiger charge is 2.26. The Morgan fingerprint density at radius 1 is 1.04 bits per heavy atom. The molecule has 0 radical (unpaired) electrons. The van der Waals surface area contributed by atoms with Crippen LogP contribution in [0, 0.1) is 5.41 Å². The summed E-state index contributed by atoms with van der Waals surface area (Å²) < 4.78 is 5.30. The number of nitrogens with one attached hydrogen (secondary N) is 2. The summed E-state index contributed by atoms with van der Waals surface area (Å²) in [7, 11) is 0. The van der Waals surface area contributed by atoms with E-state index in [4.69, 9.17) is 4.74 Å². The maximum absolute atomic E-state index is 12.0. The van der Waals surface area contributed by atoms with Crippen LogP contribution in [0.3, 0.4) is 0 Å². The van der Waals surface area contributed by atoms with Gasteiger partial charge in [0.05, 0.1) is 6.61 Å². The Hall–Kier alpha value is -2.26. The van der Waals surface area contributed by atoms with Crippen LogP contribution < -0.4 is 10.6 Å². The summed E-state index contributed by atoms with van der Waals surface area (Å²) in [5.74, 6) is -2.35. The lowest BCUT2D eigenvalue weighted by Gasteiger charge is -2.28. The second-order valence-electron chi connectivity index (χ2n) is 8.04. The summed E-state index contributed by atoms with van der Waals surface area (Å²) in [6.45, 7) is 7.79. The number of rotatable bonds is 12. The Morgan fingerprint density at radius 2 is 1.61 bits per heavy atom. The second kappa shape index (κ2) is 10.3. The van der Waals surface area contributed by atoms with Crippen molar-refractivity contribution >= 4 is 23.6 Å². The van der Waals surface area contributed by atoms with Crippen LogP contribution in [-0.2, 0) is 23.9 Å². The monoisotopic (exact) mass is 397 g/mol. The van der Waals surface area contributed by atoms with E-state index < -0.39 is 11.2 Å². The van der Waals surface area contributed by atoms with Crippen molar-refractivity contribution in [3.05, 3.63) is 12.2 Å². The number of carbonyl (C=O) groups is 4. The molecule has 1 rings (SSSR count). The van der Waals surface area contributed by atoms with Crippen LogP contribution in [0.1, 0.15) is 47.0 Å². The van der Waals surface area contributed by atoms with Crippen molar-refractivity contribution in [3.63, 3.8) is 0 Å². The van der Waals surface area contributed by atoms with Gasteiger partial charge in [0.25, 0.3) is 11.8 Å². The van der Waals surface area contributed by atoms with Crippen LogP contribution in [0.15, 0.2) is 12.2 Å². The lowest BCUT2D eigenvalue weighted by molar-refractivity contribution is -0.192. The highest BCUT2D eigenvalue weighted by molar-refractivity contribution is 6.12. The summed E-state index contributed by atoms with van der Waals surface area (Å²) in [5.41, 5.74) is -0.453. The van der Waals surface area contributed by atoms with E-state index in [2.05, 4.69) is 10.6 Å². The van der Waals surface area contributed by atoms with Crippen molar-refractivity contribution in [1.29, 1.82) is 0 Å². The molecule has 3 N–H and O–H groups in total. The normalized spacial score (nSPS) is 14.5. The summed E-state index contributed by atoms with van der Waals surface area (Å²) in [6, 6.07) is 0. The van der Waals surface area contributed by atoms with Crippen molar-refractivity contribution in [2.75, 3.05) is 26.2 Å². The largest absolute Gasteiger partial charge is 0.366 e. The lowest BCUT2D eigenvalue weighted by atomic mass is 9.90. The van der Waals surface area contributed by atoms with E-state index in [1.54, 1.807) is 0 Å². The van der Waals surface area contributed by atoms with Gasteiger partial charge >= 0.3 is 0 Å². The maximum atomic E-state index is 12.0. The Kier molecular flexibility index (Phi) is 8.77. The summed E-state index contributed by atoms with van der Waals surface area (Å²) in [6.07, 6.45) is 3.25. The minimum atomic E-state index is -1.25. The first-order valence-corrected chi connectivity index (χ1v) is 9.33. The van der Waals surface area contributed by atoms with E-state index >= 15 is 0 Å². The first-order chi connectivity index (χ1) is 12.9. The van der Waals surface area contributed by atoms with Gasteiger partial charge in [0.1, 0.15) is 0 Å². The summed E-state index contributed by atoms with van der Waals surface area (Å²) in [5, 5.41) is 15.0. The highest BCUT2D eigenvalue weighted by atomic mass is 16.6. The van der Waals surface area contributed by atoms with E-state index in [9.17, 15) is 24.3 Å². The van der Waals surface area contributed by atoms with Gasteiger partial charge in [-0.2, -0.15) is 0 Å². The van der Waals surface area contributed by atoms with Gasteiger partial charge in [-0.15, -0.1) is 0 Å². The molecule has 0 saturated carbocycles. The lowest BCUT2D eigenvalue weighted by Crippen LogP contribution is -2.37. The van der Waals surface area contributed by atoms with Gasteiger partial charge < -0.3 is 20.5 Å². The zero-order valence-corrected chi connectivity index (χ0v) is 17.0. The molecule has 0 aromatic rings. The van der Waals surface area contributed by atoms with Crippen LogP contribution in [-0.4, -0.2) is 65.7 Å². The van der Waals surface area contributed by atoms with Gasteiger partial charge in [0.15, 0.2) is 5.79 Å². The van der Waals surface area contributed by atoms with E-state index in [0.29, 0.717) is 13.0 Å². The predicted octanol–water partition coefficient (Wildman–Crippen LogP) is 0.0853. The average Bonchev–Trinajstić information content (AvgIpc) is 2.87. The van der Waals surface area contributed by atoms with E-state index in [-0.39, 0.29) is 56.2 Å². The Bertz CT molecular complexity index is 604. The molecule has 9 heteroatoms. The van der Waals surface area contributed by atoms with E-state index in [1.165, 1.54) is 26.0 Å². The first kappa shape index (κ1) is 23.8. The third kappa shape index (κ3) is 9.61. The molecule has 1 aliphatic rings. The number of imide groups is 1. The third-order valence-electron chi connectivity index (χ3n) is 3.91. The smallest absolute Gasteiger partial charge is 0.253 e. The Balaban J connectivity index is 2.14. The van der Waals surface area contributed by atoms with Crippen LogP contribution in [0.25, 0.3) is 0 Å². The van der Waals surface area contributed by atoms with Gasteiger partial charge in [-0.1, -0.05) is 13.8 Å². The van der Waals surface area contributed by atoms with Gasteiger partial charge in [-0.3, -0.25) is 24.1 Å². The summed E-state index contributed by atoms with van der Waals surface area (Å²) in [4.78, 5) is 47.7. The molecule has 4 amide bonds. The van der Waals surface area contributed by atoms with Gasteiger partial charge in [-0.25, -0.2) is 0 Å². The molecular weight excluding hydrogens is 366 g/mol. The minimum absolute atomic E-state index is 0.134. The molecular formula is C19H31N3O6. The van der Waals surface area contributed by atoms with Crippen LogP contribution >= 0.6 is 0 Å². The molecule has 1 aliphatic heterocycles. The standard InChI is InChI=1S/C19H31N3O6/c1-18(2,13-28-19(3,4)27)12-15(24)21-10-8-14(23)20-9-5-11-22-16(25)6-7-17(22)26/h6-7,27H,5,8-13H2,1-4H3,(H,20,23)(H,21,24). The molecule has 0 spiro atoms. The molecule has 0 aliphatic carbocycles. The molecule has 28 heavy (non-hydrogen) atoms. The van der Waals surface area contributed by atoms with Gasteiger partial charge in [0.2, 0.25) is 11.8 Å². The molecule has 158 valence electrons. The number of nitrogens with zero attached hydrogens (tertiary/aromatic N) is 1. The summed E-state index contributed by atoms with van der Waals surface area (Å²) >= 11 is 0. The number of carbonyl (C=O) groups excluding carboxylic acids is 4. The quantitative estimate of drug-likeness (QED) is 0.243. The van der Waals surface area contributed by atoms with Crippen molar-refractivity contribution in [3.8, 4) is 0 Å². The van der Waals surface area contributed by atoms with Crippen LogP contribution in [0.4, 0.5) is 0 Å². The topological polar surface area (TPSA) is 125 Å². The zero-order valence-electron chi connectivity index (χ0n) is 17.0. The number of hydrogen-bond acceptors (Lipinski definition) is 6. The van der Waals surface area contributed by atoms with E-state index in [0.717, 1.165) is 4.90 Å². The SMILES string of the molecule is CC(C)(COC(C)(C)O)CC(=O)NCCC(=O)NCCCN1C(=O)C=CC1=O. The minimum Gasteiger partial charge on any atom is -0.366 e. The van der Waals surface area contributed by atoms with Crippen molar-refractivity contribution < 1.29 is 29.0 Å². The fourth-order valence-electron chi connectivity index (χ4n) is 2.44. The Labute approximate surface area is 165 Å². The van der Waals surface area contributed by atoms with Crippen molar-refractivity contribution in [1.82, 2.24) is 15.5 Å². The molecule has 9 nitrogen and oxygen atoms in total. The van der Waals surface area contributed by atoms with Crippen LogP contribution in [0.2, 0.25) is 0 Å². The second-order valence-corrected chi connectivity index (χ2v) is 8.04. The predicted molar refractivity (Wildman–Crippen MR) is 102 cm³/mol. The third-order valence-corrected chi connectivity index (χ3v) is 3.91. The molecule has 0 atom stereocenters. The van der Waals surface area contributed by atoms with Crippen molar-refractivity contribution in [2.24, 2.45) is 5.41 Å². The molecule has 1 heterocycles. The molecule has 0 unspecified atom stereocenters. The fourth-order valence-corrected chi connectivity index (χ4v) is 2.44. The fraction of sp³-hybridized carbons (Fsp3) is 0.684. The van der Waals surface area contributed by atoms with E-state index in [1.807, 2.05) is 13.8 Å².